The summed E-state index contributed by atoms with van der Waals surface area (Å²) < 4.78 is 28.6. The van der Waals surface area contributed by atoms with Gasteiger partial charge in [-0.15, -0.1) is 0 Å². The summed E-state index contributed by atoms with van der Waals surface area (Å²) in [6.07, 6.45) is 6.05. The van der Waals surface area contributed by atoms with E-state index in [2.05, 4.69) is 4.98 Å². The lowest BCUT2D eigenvalue weighted by molar-refractivity contribution is 0.0500. The van der Waals surface area contributed by atoms with Gasteiger partial charge in [0, 0.05) is 18.6 Å². The Morgan fingerprint density at radius 1 is 1.17 bits per heavy atom. The van der Waals surface area contributed by atoms with Crippen LogP contribution in [0.25, 0.3) is 0 Å². The molecule has 0 fully saturated rings. The molecule has 1 aromatic heterocycles. The number of ether oxygens (including phenoxy) is 1. The molecule has 0 radical (unpaired) electrons. The van der Waals surface area contributed by atoms with Gasteiger partial charge in [0.1, 0.15) is 0 Å². The molecule has 0 aliphatic carbocycles. The van der Waals surface area contributed by atoms with Crippen molar-refractivity contribution in [1.82, 2.24) is 4.98 Å². The van der Waals surface area contributed by atoms with Crippen molar-refractivity contribution in [2.24, 2.45) is 0 Å². The Labute approximate surface area is 136 Å². The van der Waals surface area contributed by atoms with Crippen LogP contribution in [-0.4, -0.2) is 32.2 Å². The maximum Gasteiger partial charge on any atom is 0.338 e. The van der Waals surface area contributed by atoms with E-state index in [4.69, 9.17) is 4.74 Å². The van der Waals surface area contributed by atoms with E-state index in [9.17, 15) is 13.2 Å². The lowest BCUT2D eigenvalue weighted by Gasteiger charge is -2.08. The van der Waals surface area contributed by atoms with Gasteiger partial charge in [0.05, 0.1) is 17.1 Å². The Bertz CT molecular complexity index is 785. The number of carbonyl (C=O) groups is 1. The van der Waals surface area contributed by atoms with Gasteiger partial charge in [-0.1, -0.05) is 6.07 Å². The zero-order chi connectivity index (χ0) is 16.9. The van der Waals surface area contributed by atoms with Crippen LogP contribution in [0.15, 0.2) is 47.6 Å². The van der Waals surface area contributed by atoms with Gasteiger partial charge < -0.3 is 4.74 Å². The van der Waals surface area contributed by atoms with Gasteiger partial charge in [-0.3, -0.25) is 4.98 Å². The molecule has 1 heterocycles. The van der Waals surface area contributed by atoms with Crippen LogP contribution in [0.1, 0.15) is 27.9 Å². The SMILES string of the molecule is Cc1ccc(C(=O)OCCCc2ccncc2)cc1S(C)(=O)=O. The van der Waals surface area contributed by atoms with Crippen molar-refractivity contribution in [1.29, 1.82) is 0 Å². The van der Waals surface area contributed by atoms with Crippen LogP contribution in [0.2, 0.25) is 0 Å². The van der Waals surface area contributed by atoms with Crippen LogP contribution >= 0.6 is 0 Å². The number of carbonyl (C=O) groups excluding carboxylic acids is 1. The number of hydrogen-bond acceptors (Lipinski definition) is 5. The van der Waals surface area contributed by atoms with Crippen molar-refractivity contribution in [3.8, 4) is 0 Å². The summed E-state index contributed by atoms with van der Waals surface area (Å²) in [6.45, 7) is 1.98. The third-order valence-corrected chi connectivity index (χ3v) is 4.65. The van der Waals surface area contributed by atoms with Crippen LogP contribution in [0.5, 0.6) is 0 Å². The van der Waals surface area contributed by atoms with Gasteiger partial charge in [-0.05, 0) is 55.2 Å². The van der Waals surface area contributed by atoms with Crippen LogP contribution in [-0.2, 0) is 21.0 Å². The largest absolute Gasteiger partial charge is 0.462 e. The van der Waals surface area contributed by atoms with Crippen molar-refractivity contribution >= 4 is 15.8 Å². The molecule has 0 saturated carbocycles. The quantitative estimate of drug-likeness (QED) is 0.600. The van der Waals surface area contributed by atoms with Gasteiger partial charge in [0.25, 0.3) is 0 Å². The fourth-order valence-corrected chi connectivity index (χ4v) is 3.19. The lowest BCUT2D eigenvalue weighted by Crippen LogP contribution is -2.09. The highest BCUT2D eigenvalue weighted by atomic mass is 32.2. The average molecular weight is 333 g/mol. The average Bonchev–Trinajstić information content (AvgIpc) is 2.51. The molecule has 0 unspecified atom stereocenters. The van der Waals surface area contributed by atoms with Crippen molar-refractivity contribution in [3.63, 3.8) is 0 Å². The second-order valence-electron chi connectivity index (χ2n) is 5.35. The number of nitrogens with zero attached hydrogens (tertiary/aromatic N) is 1. The van der Waals surface area contributed by atoms with Gasteiger partial charge >= 0.3 is 5.97 Å². The van der Waals surface area contributed by atoms with Gasteiger partial charge in [0.2, 0.25) is 0 Å². The first-order valence-electron chi connectivity index (χ1n) is 7.24. The third-order valence-electron chi connectivity index (χ3n) is 3.42. The van der Waals surface area contributed by atoms with Crippen molar-refractivity contribution < 1.29 is 17.9 Å². The fraction of sp³-hybridized carbons (Fsp3) is 0.294. The molecule has 0 spiro atoms. The summed E-state index contributed by atoms with van der Waals surface area (Å²) in [4.78, 5) is 16.1. The van der Waals surface area contributed by atoms with Gasteiger partial charge in [-0.25, -0.2) is 13.2 Å². The molecule has 0 aliphatic heterocycles. The summed E-state index contributed by atoms with van der Waals surface area (Å²) >= 11 is 0. The van der Waals surface area contributed by atoms with Crippen LogP contribution in [0.3, 0.4) is 0 Å². The molecular formula is C17H19NO4S. The Hall–Kier alpha value is -2.21. The van der Waals surface area contributed by atoms with E-state index in [-0.39, 0.29) is 17.1 Å². The van der Waals surface area contributed by atoms with E-state index in [0.717, 1.165) is 18.2 Å². The number of aryl methyl sites for hydroxylation is 2. The van der Waals surface area contributed by atoms with E-state index in [1.165, 1.54) is 6.07 Å². The molecule has 0 saturated heterocycles. The zero-order valence-corrected chi connectivity index (χ0v) is 14.0. The molecular weight excluding hydrogens is 314 g/mol. The molecule has 6 heteroatoms. The molecule has 0 N–H and O–H groups in total. The summed E-state index contributed by atoms with van der Waals surface area (Å²) in [5, 5.41) is 0. The highest BCUT2D eigenvalue weighted by molar-refractivity contribution is 7.90. The van der Waals surface area contributed by atoms with Crippen LogP contribution in [0, 0.1) is 6.92 Å². The molecule has 0 aliphatic rings. The monoisotopic (exact) mass is 333 g/mol. The summed E-state index contributed by atoms with van der Waals surface area (Å²) in [5.41, 5.74) is 1.99. The molecule has 0 bridgehead atoms. The normalized spacial score (nSPS) is 11.2. The molecule has 2 aromatic rings. The minimum Gasteiger partial charge on any atom is -0.462 e. The number of rotatable bonds is 6. The van der Waals surface area contributed by atoms with E-state index in [0.29, 0.717) is 12.0 Å². The molecule has 1 aromatic carbocycles. The second kappa shape index (κ2) is 7.37. The van der Waals surface area contributed by atoms with Crippen molar-refractivity contribution in [2.45, 2.75) is 24.7 Å². The Kier molecular flexibility index (Phi) is 5.50. The summed E-state index contributed by atoms with van der Waals surface area (Å²) in [6, 6.07) is 8.40. The number of benzene rings is 1. The Balaban J connectivity index is 1.94. The highest BCUT2D eigenvalue weighted by Crippen LogP contribution is 2.17. The standard InChI is InChI=1S/C17H19NO4S/c1-13-5-6-15(12-16(13)23(2,20)21)17(19)22-11-3-4-14-7-9-18-10-8-14/h5-10,12H,3-4,11H2,1-2H3. The predicted molar refractivity (Wildman–Crippen MR) is 87.1 cm³/mol. The number of sulfone groups is 1. The maximum atomic E-state index is 12.0. The number of aromatic nitrogens is 1. The van der Waals surface area contributed by atoms with E-state index in [1.807, 2.05) is 12.1 Å². The van der Waals surface area contributed by atoms with Crippen molar-refractivity contribution in [3.05, 3.63) is 59.4 Å². The van der Waals surface area contributed by atoms with E-state index >= 15 is 0 Å². The molecule has 2 rings (SSSR count). The molecule has 5 nitrogen and oxygen atoms in total. The fourth-order valence-electron chi connectivity index (χ4n) is 2.20. The Morgan fingerprint density at radius 3 is 2.52 bits per heavy atom. The first-order chi connectivity index (χ1) is 10.9. The smallest absolute Gasteiger partial charge is 0.338 e. The minimum absolute atomic E-state index is 0.156. The molecule has 122 valence electrons. The van der Waals surface area contributed by atoms with Crippen LogP contribution < -0.4 is 0 Å². The number of hydrogen-bond donors (Lipinski definition) is 0. The predicted octanol–water partition coefficient (Wildman–Crippen LogP) is 2.58. The van der Waals surface area contributed by atoms with E-state index < -0.39 is 15.8 Å². The third kappa shape index (κ3) is 4.89. The molecule has 0 atom stereocenters. The van der Waals surface area contributed by atoms with Gasteiger partial charge in [-0.2, -0.15) is 0 Å². The van der Waals surface area contributed by atoms with Gasteiger partial charge in [0.15, 0.2) is 9.84 Å². The first-order valence-corrected chi connectivity index (χ1v) is 9.14. The number of pyridine rings is 1. The number of esters is 1. The summed E-state index contributed by atoms with van der Waals surface area (Å²) in [5.74, 6) is -0.510. The van der Waals surface area contributed by atoms with Crippen molar-refractivity contribution in [2.75, 3.05) is 12.9 Å². The maximum absolute atomic E-state index is 12.0. The first kappa shape index (κ1) is 17.1. The zero-order valence-electron chi connectivity index (χ0n) is 13.2. The minimum atomic E-state index is -3.36. The van der Waals surface area contributed by atoms with Crippen LogP contribution in [0.4, 0.5) is 0 Å². The second-order valence-corrected chi connectivity index (χ2v) is 7.33. The molecule has 23 heavy (non-hydrogen) atoms. The lowest BCUT2D eigenvalue weighted by atomic mass is 10.1. The Morgan fingerprint density at radius 2 is 1.87 bits per heavy atom. The highest BCUT2D eigenvalue weighted by Gasteiger charge is 2.15. The topological polar surface area (TPSA) is 73.3 Å². The van der Waals surface area contributed by atoms with E-state index in [1.54, 1.807) is 31.5 Å². The summed E-state index contributed by atoms with van der Waals surface area (Å²) in [7, 11) is -3.36. The molecule has 0 amide bonds.